The zero-order valence-electron chi connectivity index (χ0n) is 16.2. The summed E-state index contributed by atoms with van der Waals surface area (Å²) in [5.74, 6) is 1.19. The Morgan fingerprint density at radius 2 is 1.83 bits per heavy atom. The number of nitrogens with zero attached hydrogens (tertiary/aromatic N) is 3. The van der Waals surface area contributed by atoms with Gasteiger partial charge in [0, 0.05) is 18.2 Å². The van der Waals surface area contributed by atoms with Crippen LogP contribution in [0.3, 0.4) is 0 Å². The highest BCUT2D eigenvalue weighted by Gasteiger charge is 2.63. The number of rotatable bonds is 6. The predicted molar refractivity (Wildman–Crippen MR) is 107 cm³/mol. The molecule has 5 rings (SSSR count). The minimum atomic E-state index is -3.61. The van der Waals surface area contributed by atoms with Gasteiger partial charge in [0.2, 0.25) is 21.8 Å². The molecule has 0 unspecified atom stereocenters. The molecule has 0 amide bonds. The van der Waals surface area contributed by atoms with E-state index in [9.17, 15) is 8.42 Å². The molecule has 2 aromatic heterocycles. The van der Waals surface area contributed by atoms with Crippen molar-refractivity contribution in [3.05, 3.63) is 60.2 Å². The third-order valence-electron chi connectivity index (χ3n) is 5.90. The van der Waals surface area contributed by atoms with Crippen molar-refractivity contribution in [3.8, 4) is 11.5 Å². The van der Waals surface area contributed by atoms with Gasteiger partial charge in [-0.15, -0.1) is 10.2 Å². The van der Waals surface area contributed by atoms with Crippen LogP contribution in [0.25, 0.3) is 11.5 Å². The Hall–Kier alpha value is -2.58. The monoisotopic (exact) mass is 410 g/mol. The van der Waals surface area contributed by atoms with E-state index in [-0.39, 0.29) is 22.3 Å². The van der Waals surface area contributed by atoms with Gasteiger partial charge in [0.25, 0.3) is 0 Å². The average Bonchev–Trinajstić information content (AvgIpc) is 3.58. The van der Waals surface area contributed by atoms with Gasteiger partial charge < -0.3 is 4.42 Å². The summed E-state index contributed by atoms with van der Waals surface area (Å²) < 4.78 is 34.2. The molecule has 2 atom stereocenters. The second-order valence-corrected chi connectivity index (χ2v) is 10.1. The molecule has 3 aromatic rings. The predicted octanol–water partition coefficient (Wildman–Crippen LogP) is 3.48. The molecule has 0 spiro atoms. The number of nitrogens with one attached hydrogen (secondary N) is 1. The quantitative estimate of drug-likeness (QED) is 0.668. The molecule has 0 bridgehead atoms. The number of benzene rings is 1. The molecule has 29 heavy (non-hydrogen) atoms. The summed E-state index contributed by atoms with van der Waals surface area (Å²) in [4.78, 5) is 4.74. The molecule has 0 aliphatic heterocycles. The Bertz CT molecular complexity index is 1150. The first-order valence-corrected chi connectivity index (χ1v) is 11.2. The molecule has 2 fully saturated rings. The van der Waals surface area contributed by atoms with E-state index in [2.05, 4.69) is 19.9 Å². The van der Waals surface area contributed by atoms with Crippen LogP contribution in [0.4, 0.5) is 0 Å². The van der Waals surface area contributed by atoms with Gasteiger partial charge in [-0.25, -0.2) is 13.1 Å². The third-order valence-corrected chi connectivity index (χ3v) is 7.36. The number of pyridine rings is 1. The lowest BCUT2D eigenvalue weighted by molar-refractivity contribution is 0.476. The number of hydrogen-bond donors (Lipinski definition) is 1. The van der Waals surface area contributed by atoms with Crippen LogP contribution in [0.5, 0.6) is 0 Å². The molecule has 0 radical (unpaired) electrons. The molecule has 0 saturated heterocycles. The Kier molecular flexibility index (Phi) is 4.11. The fraction of sp³-hybridized carbons (Fsp3) is 0.381. The Morgan fingerprint density at radius 3 is 2.55 bits per heavy atom. The molecular formula is C21H22N4O3S. The topological polar surface area (TPSA) is 98.0 Å². The fourth-order valence-corrected chi connectivity index (χ4v) is 5.33. The number of hydrogen-bond acceptors (Lipinski definition) is 6. The third kappa shape index (κ3) is 3.26. The van der Waals surface area contributed by atoms with E-state index < -0.39 is 10.0 Å². The average molecular weight is 410 g/mol. The largest absolute Gasteiger partial charge is 0.420 e. The first-order chi connectivity index (χ1) is 13.9. The number of aromatic nitrogens is 3. The van der Waals surface area contributed by atoms with Crippen molar-refractivity contribution >= 4 is 10.0 Å². The van der Waals surface area contributed by atoms with Gasteiger partial charge in [-0.3, -0.25) is 4.98 Å². The molecular weight excluding hydrogens is 388 g/mol. The summed E-state index contributed by atoms with van der Waals surface area (Å²) in [5.41, 5.74) is 1.55. The van der Waals surface area contributed by atoms with Gasteiger partial charge in [0.15, 0.2) is 0 Å². The van der Waals surface area contributed by atoms with Crippen LogP contribution in [0.15, 0.2) is 58.0 Å². The van der Waals surface area contributed by atoms with E-state index >= 15 is 0 Å². The minimum absolute atomic E-state index is 0.178. The minimum Gasteiger partial charge on any atom is -0.420 e. The van der Waals surface area contributed by atoms with Crippen LogP contribution in [-0.2, 0) is 10.0 Å². The van der Waals surface area contributed by atoms with Crippen LogP contribution in [-0.4, -0.2) is 29.6 Å². The van der Waals surface area contributed by atoms with Gasteiger partial charge in [0.1, 0.15) is 0 Å². The summed E-state index contributed by atoms with van der Waals surface area (Å²) in [6.45, 7) is 4.00. The smallest absolute Gasteiger partial charge is 0.249 e. The molecule has 2 aliphatic carbocycles. The second kappa shape index (κ2) is 6.47. The van der Waals surface area contributed by atoms with E-state index in [0.29, 0.717) is 17.7 Å². The Balaban J connectivity index is 1.40. The maximum absolute atomic E-state index is 12.7. The van der Waals surface area contributed by atoms with Crippen LogP contribution < -0.4 is 4.72 Å². The van der Waals surface area contributed by atoms with Crippen molar-refractivity contribution < 1.29 is 12.8 Å². The maximum Gasteiger partial charge on any atom is 0.249 e. The molecule has 2 aliphatic rings. The maximum atomic E-state index is 12.7. The van der Waals surface area contributed by atoms with Crippen LogP contribution >= 0.6 is 0 Å². The molecule has 1 N–H and O–H groups in total. The SMILES string of the molecule is CC1(C)[C@H](c2nnc(-c3cccnc3C3CC3)o2)[C@@H]1NS(=O)(=O)c1ccccc1. The molecule has 7 nitrogen and oxygen atoms in total. The summed E-state index contributed by atoms with van der Waals surface area (Å²) in [6, 6.07) is 11.9. The highest BCUT2D eigenvalue weighted by Crippen LogP contribution is 2.59. The van der Waals surface area contributed by atoms with Gasteiger partial charge in [-0.05, 0) is 42.5 Å². The van der Waals surface area contributed by atoms with Gasteiger partial charge >= 0.3 is 0 Å². The van der Waals surface area contributed by atoms with Crippen LogP contribution in [0.2, 0.25) is 0 Å². The van der Waals surface area contributed by atoms with Crippen LogP contribution in [0, 0.1) is 5.41 Å². The lowest BCUT2D eigenvalue weighted by Gasteiger charge is -2.07. The van der Waals surface area contributed by atoms with E-state index in [1.807, 2.05) is 26.0 Å². The normalized spacial score (nSPS) is 23.1. The van der Waals surface area contributed by atoms with E-state index in [4.69, 9.17) is 4.42 Å². The summed E-state index contributed by atoms with van der Waals surface area (Å²) in [7, 11) is -3.61. The second-order valence-electron chi connectivity index (χ2n) is 8.37. The van der Waals surface area contributed by atoms with Crippen molar-refractivity contribution in [1.82, 2.24) is 19.9 Å². The molecule has 2 saturated carbocycles. The van der Waals surface area contributed by atoms with Crippen molar-refractivity contribution in [2.75, 3.05) is 0 Å². The molecule has 1 aromatic carbocycles. The Morgan fingerprint density at radius 1 is 1.07 bits per heavy atom. The molecule has 8 heteroatoms. The summed E-state index contributed by atoms with van der Waals surface area (Å²) in [6.07, 6.45) is 4.04. The zero-order chi connectivity index (χ0) is 20.2. The zero-order valence-corrected chi connectivity index (χ0v) is 17.1. The number of sulfonamides is 1. The first kappa shape index (κ1) is 18.4. The van der Waals surface area contributed by atoms with Crippen molar-refractivity contribution in [1.29, 1.82) is 0 Å². The van der Waals surface area contributed by atoms with Crippen molar-refractivity contribution in [2.45, 2.75) is 49.5 Å². The van der Waals surface area contributed by atoms with Crippen LogP contribution in [0.1, 0.15) is 50.1 Å². The van der Waals surface area contributed by atoms with E-state index in [1.165, 1.54) is 0 Å². The highest BCUT2D eigenvalue weighted by molar-refractivity contribution is 7.89. The lowest BCUT2D eigenvalue weighted by atomic mass is 10.1. The van der Waals surface area contributed by atoms with Crippen molar-refractivity contribution in [2.24, 2.45) is 5.41 Å². The standard InChI is InChI=1S/C21H22N4O3S/c1-21(2)16(18(21)25-29(26,27)14-7-4-3-5-8-14)20-24-23-19(28-20)15-9-6-12-22-17(15)13-10-11-13/h3-9,12-13,16,18,25H,10-11H2,1-2H3/t16-,18-/m0/s1. The van der Waals surface area contributed by atoms with E-state index in [1.54, 1.807) is 36.5 Å². The summed E-state index contributed by atoms with van der Waals surface area (Å²) >= 11 is 0. The van der Waals surface area contributed by atoms with Crippen molar-refractivity contribution in [3.63, 3.8) is 0 Å². The van der Waals surface area contributed by atoms with Gasteiger partial charge in [0.05, 0.1) is 22.1 Å². The highest BCUT2D eigenvalue weighted by atomic mass is 32.2. The fourth-order valence-electron chi connectivity index (χ4n) is 3.90. The van der Waals surface area contributed by atoms with Gasteiger partial charge in [-0.1, -0.05) is 32.0 Å². The molecule has 2 heterocycles. The van der Waals surface area contributed by atoms with Gasteiger partial charge in [-0.2, -0.15) is 0 Å². The molecule has 150 valence electrons. The Labute approximate surface area is 169 Å². The first-order valence-electron chi connectivity index (χ1n) is 9.74. The summed E-state index contributed by atoms with van der Waals surface area (Å²) in [5, 5.41) is 8.48. The van der Waals surface area contributed by atoms with E-state index in [0.717, 1.165) is 24.1 Å². The lowest BCUT2D eigenvalue weighted by Crippen LogP contribution is -2.29.